The van der Waals surface area contributed by atoms with Crippen molar-refractivity contribution in [3.8, 4) is 0 Å². The minimum absolute atomic E-state index is 0.169. The summed E-state index contributed by atoms with van der Waals surface area (Å²) in [5.74, 6) is 0.630. The molecule has 4 heteroatoms. The molecule has 1 aliphatic heterocycles. The van der Waals surface area contributed by atoms with Crippen molar-refractivity contribution in [3.05, 3.63) is 34.1 Å². The van der Waals surface area contributed by atoms with Crippen molar-refractivity contribution in [2.45, 2.75) is 19.4 Å². The molecule has 0 aliphatic carbocycles. The van der Waals surface area contributed by atoms with E-state index in [-0.39, 0.29) is 5.82 Å². The first-order chi connectivity index (χ1) is 8.69. The van der Waals surface area contributed by atoms with Gasteiger partial charge in [0.25, 0.3) is 0 Å². The normalized spacial score (nSPS) is 18.2. The van der Waals surface area contributed by atoms with Crippen LogP contribution in [0.2, 0.25) is 0 Å². The van der Waals surface area contributed by atoms with Gasteiger partial charge in [0.05, 0.1) is 4.47 Å². The van der Waals surface area contributed by atoms with E-state index in [1.165, 1.54) is 12.8 Å². The maximum Gasteiger partial charge on any atom is 0.137 e. The van der Waals surface area contributed by atoms with Gasteiger partial charge >= 0.3 is 0 Å². The van der Waals surface area contributed by atoms with Crippen LogP contribution in [0.3, 0.4) is 0 Å². The highest BCUT2D eigenvalue weighted by Crippen LogP contribution is 2.21. The average Bonchev–Trinajstić information content (AvgIpc) is 2.37. The van der Waals surface area contributed by atoms with Crippen LogP contribution in [-0.2, 0) is 6.54 Å². The molecule has 1 aliphatic rings. The summed E-state index contributed by atoms with van der Waals surface area (Å²) in [5, 5.41) is 3.24. The van der Waals surface area contributed by atoms with Crippen molar-refractivity contribution in [1.29, 1.82) is 0 Å². The van der Waals surface area contributed by atoms with E-state index in [0.717, 1.165) is 37.7 Å². The predicted octanol–water partition coefficient (Wildman–Crippen LogP) is 3.02. The topological polar surface area (TPSA) is 15.3 Å². The Balaban J connectivity index is 1.85. The summed E-state index contributed by atoms with van der Waals surface area (Å²) in [6, 6.07) is 5.41. The zero-order chi connectivity index (χ0) is 13.0. The lowest BCUT2D eigenvalue weighted by Crippen LogP contribution is -2.36. The van der Waals surface area contributed by atoms with Gasteiger partial charge in [-0.3, -0.25) is 4.90 Å². The van der Waals surface area contributed by atoms with Gasteiger partial charge in [-0.25, -0.2) is 4.39 Å². The van der Waals surface area contributed by atoms with Gasteiger partial charge in [-0.1, -0.05) is 6.07 Å². The van der Waals surface area contributed by atoms with Crippen LogP contribution in [0.1, 0.15) is 18.4 Å². The lowest BCUT2D eigenvalue weighted by molar-refractivity contribution is 0.176. The van der Waals surface area contributed by atoms with Gasteiger partial charge in [0.1, 0.15) is 5.82 Å². The van der Waals surface area contributed by atoms with Crippen LogP contribution in [0.5, 0.6) is 0 Å². The number of halogens is 2. The van der Waals surface area contributed by atoms with Crippen molar-refractivity contribution in [2.75, 3.05) is 26.7 Å². The molecule has 0 aromatic heterocycles. The van der Waals surface area contributed by atoms with E-state index in [9.17, 15) is 4.39 Å². The third-order valence-electron chi connectivity index (χ3n) is 3.59. The third kappa shape index (κ3) is 3.77. The van der Waals surface area contributed by atoms with Crippen LogP contribution < -0.4 is 5.32 Å². The van der Waals surface area contributed by atoms with Gasteiger partial charge in [-0.15, -0.1) is 0 Å². The molecule has 0 spiro atoms. The standard InChI is InChI=1S/C14H20BrFN2/c1-17-9-11-4-6-18(7-5-11)10-12-2-3-13(15)14(16)8-12/h2-3,8,11,17H,4-7,9-10H2,1H3. The Labute approximate surface area is 117 Å². The highest BCUT2D eigenvalue weighted by atomic mass is 79.9. The van der Waals surface area contributed by atoms with E-state index in [1.807, 2.05) is 13.1 Å². The van der Waals surface area contributed by atoms with Crippen LogP contribution >= 0.6 is 15.9 Å². The molecular formula is C14H20BrFN2. The lowest BCUT2D eigenvalue weighted by Gasteiger charge is -2.31. The summed E-state index contributed by atoms with van der Waals surface area (Å²) in [4.78, 5) is 2.41. The van der Waals surface area contributed by atoms with Crippen LogP contribution in [0, 0.1) is 11.7 Å². The largest absolute Gasteiger partial charge is 0.319 e. The van der Waals surface area contributed by atoms with Crippen molar-refractivity contribution in [3.63, 3.8) is 0 Å². The second-order valence-corrected chi connectivity index (χ2v) is 5.88. The molecule has 18 heavy (non-hydrogen) atoms. The fourth-order valence-electron chi connectivity index (χ4n) is 2.53. The zero-order valence-corrected chi connectivity index (χ0v) is 12.3. The Bertz CT molecular complexity index is 389. The molecule has 1 N–H and O–H groups in total. The van der Waals surface area contributed by atoms with Crippen molar-refractivity contribution >= 4 is 15.9 Å². The highest BCUT2D eigenvalue weighted by molar-refractivity contribution is 9.10. The Hall–Kier alpha value is -0.450. The second kappa shape index (κ2) is 6.64. The predicted molar refractivity (Wildman–Crippen MR) is 76.0 cm³/mol. The van der Waals surface area contributed by atoms with E-state index >= 15 is 0 Å². The van der Waals surface area contributed by atoms with Gasteiger partial charge < -0.3 is 5.32 Å². The summed E-state index contributed by atoms with van der Waals surface area (Å²) in [7, 11) is 2.01. The molecule has 0 amide bonds. The maximum atomic E-state index is 13.4. The number of hydrogen-bond acceptors (Lipinski definition) is 2. The first-order valence-corrected chi connectivity index (χ1v) is 7.29. The van der Waals surface area contributed by atoms with E-state index in [4.69, 9.17) is 0 Å². The number of hydrogen-bond donors (Lipinski definition) is 1. The minimum atomic E-state index is -0.169. The Morgan fingerprint density at radius 3 is 2.72 bits per heavy atom. The fourth-order valence-corrected chi connectivity index (χ4v) is 2.78. The number of rotatable bonds is 4. The Morgan fingerprint density at radius 2 is 2.11 bits per heavy atom. The quantitative estimate of drug-likeness (QED) is 0.919. The molecular weight excluding hydrogens is 295 g/mol. The van der Waals surface area contributed by atoms with Gasteiger partial charge in [0.15, 0.2) is 0 Å². The maximum absolute atomic E-state index is 13.4. The Morgan fingerprint density at radius 1 is 1.39 bits per heavy atom. The average molecular weight is 315 g/mol. The van der Waals surface area contributed by atoms with Gasteiger partial charge in [0.2, 0.25) is 0 Å². The molecule has 0 bridgehead atoms. The number of nitrogens with one attached hydrogen (secondary N) is 1. The molecule has 0 radical (unpaired) electrons. The first kappa shape index (κ1) is 14.0. The summed E-state index contributed by atoms with van der Waals surface area (Å²) in [5.41, 5.74) is 1.06. The molecule has 1 aromatic carbocycles. The summed E-state index contributed by atoms with van der Waals surface area (Å²) in [6.45, 7) is 4.20. The molecule has 100 valence electrons. The molecule has 1 aromatic rings. The lowest BCUT2D eigenvalue weighted by atomic mass is 9.96. The second-order valence-electron chi connectivity index (χ2n) is 5.03. The van der Waals surface area contributed by atoms with E-state index in [2.05, 4.69) is 26.1 Å². The highest BCUT2D eigenvalue weighted by Gasteiger charge is 2.18. The molecule has 0 atom stereocenters. The van der Waals surface area contributed by atoms with E-state index in [1.54, 1.807) is 12.1 Å². The first-order valence-electron chi connectivity index (χ1n) is 6.50. The van der Waals surface area contributed by atoms with Crippen LogP contribution in [0.25, 0.3) is 0 Å². The van der Waals surface area contributed by atoms with Gasteiger partial charge in [-0.2, -0.15) is 0 Å². The summed E-state index contributed by atoms with van der Waals surface area (Å²) < 4.78 is 14.0. The van der Waals surface area contributed by atoms with Crippen molar-refractivity contribution < 1.29 is 4.39 Å². The van der Waals surface area contributed by atoms with Crippen LogP contribution in [0.15, 0.2) is 22.7 Å². The molecule has 0 unspecified atom stereocenters. The Kier molecular flexibility index (Phi) is 5.15. The molecule has 2 nitrogen and oxygen atoms in total. The van der Waals surface area contributed by atoms with Crippen LogP contribution in [0.4, 0.5) is 4.39 Å². The number of nitrogens with zero attached hydrogens (tertiary/aromatic N) is 1. The van der Waals surface area contributed by atoms with Crippen molar-refractivity contribution in [1.82, 2.24) is 10.2 Å². The molecule has 2 rings (SSSR count). The molecule has 0 saturated carbocycles. The molecule has 1 heterocycles. The monoisotopic (exact) mass is 314 g/mol. The van der Waals surface area contributed by atoms with Crippen LogP contribution in [-0.4, -0.2) is 31.6 Å². The van der Waals surface area contributed by atoms with E-state index in [0.29, 0.717) is 4.47 Å². The molecule has 1 fully saturated rings. The van der Waals surface area contributed by atoms with Gasteiger partial charge in [0, 0.05) is 6.54 Å². The minimum Gasteiger partial charge on any atom is -0.319 e. The zero-order valence-electron chi connectivity index (χ0n) is 10.8. The molecule has 1 saturated heterocycles. The third-order valence-corrected chi connectivity index (χ3v) is 4.23. The van der Waals surface area contributed by atoms with Gasteiger partial charge in [-0.05, 0) is 79.1 Å². The van der Waals surface area contributed by atoms with Crippen molar-refractivity contribution in [2.24, 2.45) is 5.92 Å². The summed E-state index contributed by atoms with van der Waals surface area (Å²) >= 11 is 3.18. The number of benzene rings is 1. The summed E-state index contributed by atoms with van der Waals surface area (Å²) in [6.07, 6.45) is 2.47. The fraction of sp³-hybridized carbons (Fsp3) is 0.571. The number of likely N-dealkylation sites (tertiary alicyclic amines) is 1. The van der Waals surface area contributed by atoms with E-state index < -0.39 is 0 Å². The smallest absolute Gasteiger partial charge is 0.137 e. The number of piperidine rings is 1. The SMILES string of the molecule is CNCC1CCN(Cc2ccc(Br)c(F)c2)CC1.